The average Bonchev–Trinajstić information content (AvgIpc) is 2.83. The molecule has 0 saturated heterocycles. The highest BCUT2D eigenvalue weighted by Gasteiger charge is 2.20. The molecule has 0 fully saturated rings. The molecule has 1 aromatic rings. The molecule has 1 rings (SSSR count). The number of aliphatic carboxylic acids is 1. The smallest absolute Gasteiger partial charge is 0.408 e. The first-order valence-corrected chi connectivity index (χ1v) is 11.2. The summed E-state index contributed by atoms with van der Waals surface area (Å²) in [6.07, 6.45) is 0.485. The van der Waals surface area contributed by atoms with E-state index in [9.17, 15) is 19.5 Å². The van der Waals surface area contributed by atoms with Crippen molar-refractivity contribution in [3.05, 3.63) is 35.9 Å². The molecule has 0 aliphatic carbocycles. The predicted molar refractivity (Wildman–Crippen MR) is 122 cm³/mol. The van der Waals surface area contributed by atoms with Crippen molar-refractivity contribution in [3.63, 3.8) is 0 Å². The summed E-state index contributed by atoms with van der Waals surface area (Å²) >= 11 is 0. The van der Waals surface area contributed by atoms with Gasteiger partial charge in [-0.3, -0.25) is 4.79 Å². The lowest BCUT2D eigenvalue weighted by Crippen LogP contribution is -2.41. The third-order valence-corrected chi connectivity index (χ3v) is 4.45. The predicted octanol–water partition coefficient (Wildman–Crippen LogP) is 1.35. The lowest BCUT2D eigenvalue weighted by Gasteiger charge is -2.14. The van der Waals surface area contributed by atoms with Gasteiger partial charge in [-0.2, -0.15) is 0 Å². The summed E-state index contributed by atoms with van der Waals surface area (Å²) in [5.41, 5.74) is 0.806. The minimum atomic E-state index is -1.14. The average molecular weight is 485 g/mol. The number of rotatable bonds is 20. The Hall–Kier alpha value is -2.73. The minimum Gasteiger partial charge on any atom is -0.480 e. The second kappa shape index (κ2) is 19.7. The fourth-order valence-corrected chi connectivity index (χ4v) is 2.66. The van der Waals surface area contributed by atoms with Crippen molar-refractivity contribution in [2.24, 2.45) is 0 Å². The van der Waals surface area contributed by atoms with Crippen LogP contribution in [0.2, 0.25) is 0 Å². The summed E-state index contributed by atoms with van der Waals surface area (Å²) in [5, 5.41) is 14.4. The SMILES string of the molecule is COCCOCCOCCOCC(=O)NCCCC[C@H](NC(=O)OCc1ccccc1)C(=O)O. The number of alkyl carbamates (subject to hydrolysis) is 1. The number of hydrogen-bond donors (Lipinski definition) is 3. The minimum absolute atomic E-state index is 0.0581. The molecule has 3 N–H and O–H groups in total. The summed E-state index contributed by atoms with van der Waals surface area (Å²) < 4.78 is 25.7. The molecule has 1 atom stereocenters. The molecule has 0 radical (unpaired) electrons. The molecule has 0 unspecified atom stereocenters. The van der Waals surface area contributed by atoms with Gasteiger partial charge in [0.05, 0.1) is 39.6 Å². The lowest BCUT2D eigenvalue weighted by molar-refractivity contribution is -0.139. The maximum absolute atomic E-state index is 11.9. The lowest BCUT2D eigenvalue weighted by atomic mass is 10.1. The fourth-order valence-electron chi connectivity index (χ4n) is 2.66. The highest BCUT2D eigenvalue weighted by Crippen LogP contribution is 2.04. The molecule has 2 amide bonds. The van der Waals surface area contributed by atoms with E-state index in [-0.39, 0.29) is 32.1 Å². The molecule has 0 spiro atoms. The summed E-state index contributed by atoms with van der Waals surface area (Å²) in [6.45, 7) is 2.97. The van der Waals surface area contributed by atoms with Crippen molar-refractivity contribution in [2.45, 2.75) is 31.9 Å². The van der Waals surface area contributed by atoms with Gasteiger partial charge in [-0.15, -0.1) is 0 Å². The molecular weight excluding hydrogens is 448 g/mol. The van der Waals surface area contributed by atoms with E-state index in [2.05, 4.69) is 10.6 Å². The first-order valence-electron chi connectivity index (χ1n) is 11.2. The van der Waals surface area contributed by atoms with Crippen molar-refractivity contribution in [1.29, 1.82) is 0 Å². The normalized spacial score (nSPS) is 11.6. The number of amides is 2. The number of benzene rings is 1. The van der Waals surface area contributed by atoms with Gasteiger partial charge in [0.2, 0.25) is 5.91 Å². The monoisotopic (exact) mass is 484 g/mol. The molecule has 0 aromatic heterocycles. The van der Waals surface area contributed by atoms with Crippen molar-refractivity contribution >= 4 is 18.0 Å². The fraction of sp³-hybridized carbons (Fsp3) is 0.609. The zero-order valence-corrected chi connectivity index (χ0v) is 19.7. The van der Waals surface area contributed by atoms with E-state index in [4.69, 9.17) is 23.7 Å². The van der Waals surface area contributed by atoms with E-state index in [1.54, 1.807) is 19.2 Å². The van der Waals surface area contributed by atoms with Crippen LogP contribution in [0.4, 0.5) is 4.79 Å². The first kappa shape index (κ1) is 29.3. The Labute approximate surface area is 200 Å². The van der Waals surface area contributed by atoms with Crippen LogP contribution in [-0.4, -0.2) is 89.0 Å². The molecule has 11 heteroatoms. The molecular formula is C23H36N2O9. The van der Waals surface area contributed by atoms with Crippen molar-refractivity contribution < 1.29 is 43.2 Å². The number of carboxylic acid groups (broad SMARTS) is 1. The van der Waals surface area contributed by atoms with E-state index in [1.807, 2.05) is 18.2 Å². The van der Waals surface area contributed by atoms with E-state index in [1.165, 1.54) is 0 Å². The maximum Gasteiger partial charge on any atom is 0.408 e. The van der Waals surface area contributed by atoms with Crippen LogP contribution < -0.4 is 10.6 Å². The van der Waals surface area contributed by atoms with Gasteiger partial charge in [0.1, 0.15) is 19.3 Å². The Bertz CT molecular complexity index is 688. The van der Waals surface area contributed by atoms with Crippen LogP contribution in [0.3, 0.4) is 0 Å². The first-order chi connectivity index (χ1) is 16.5. The van der Waals surface area contributed by atoms with Gasteiger partial charge in [-0.1, -0.05) is 30.3 Å². The summed E-state index contributed by atoms with van der Waals surface area (Å²) in [6, 6.07) is 8.03. The zero-order chi connectivity index (χ0) is 24.9. The van der Waals surface area contributed by atoms with E-state index >= 15 is 0 Å². The summed E-state index contributed by atoms with van der Waals surface area (Å²) in [5.74, 6) is -1.40. The third-order valence-electron chi connectivity index (χ3n) is 4.45. The molecule has 192 valence electrons. The highest BCUT2D eigenvalue weighted by atomic mass is 16.6. The molecule has 1 aromatic carbocycles. The Morgan fingerprint density at radius 3 is 2.21 bits per heavy atom. The number of carbonyl (C=O) groups excluding carboxylic acids is 2. The Balaban J connectivity index is 2.02. The molecule has 0 saturated carbocycles. The molecule has 34 heavy (non-hydrogen) atoms. The molecule has 0 bridgehead atoms. The molecule has 0 aliphatic heterocycles. The van der Waals surface area contributed by atoms with E-state index < -0.39 is 18.1 Å². The van der Waals surface area contributed by atoms with Crippen LogP contribution in [0.15, 0.2) is 30.3 Å². The van der Waals surface area contributed by atoms with Gasteiger partial charge in [-0.05, 0) is 24.8 Å². The molecule has 11 nitrogen and oxygen atoms in total. The molecule has 0 heterocycles. The molecule has 0 aliphatic rings. The number of nitrogens with one attached hydrogen (secondary N) is 2. The van der Waals surface area contributed by atoms with Gasteiger partial charge in [-0.25, -0.2) is 9.59 Å². The number of hydrogen-bond acceptors (Lipinski definition) is 8. The van der Waals surface area contributed by atoms with Gasteiger partial charge in [0.25, 0.3) is 0 Å². The standard InChI is InChI=1S/C23H36N2O9/c1-30-11-12-31-13-14-32-15-16-33-18-21(26)24-10-6-5-9-20(22(27)28)25-23(29)34-17-19-7-3-2-4-8-19/h2-4,7-8,20H,5-6,9-18H2,1H3,(H,24,26)(H,25,29)(H,27,28)/t20-/m0/s1. The van der Waals surface area contributed by atoms with Crippen molar-refractivity contribution in [2.75, 3.05) is 59.9 Å². The van der Waals surface area contributed by atoms with E-state index in [0.29, 0.717) is 52.4 Å². The number of unbranched alkanes of at least 4 members (excludes halogenated alkanes) is 1. The largest absolute Gasteiger partial charge is 0.480 e. The Morgan fingerprint density at radius 2 is 1.56 bits per heavy atom. The second-order valence-corrected chi connectivity index (χ2v) is 7.21. The van der Waals surface area contributed by atoms with Gasteiger partial charge in [0.15, 0.2) is 0 Å². The van der Waals surface area contributed by atoms with Crippen LogP contribution in [0.5, 0.6) is 0 Å². The third kappa shape index (κ3) is 16.0. The topological polar surface area (TPSA) is 142 Å². The Morgan fingerprint density at radius 1 is 0.912 bits per heavy atom. The number of carboxylic acids is 1. The quantitative estimate of drug-likeness (QED) is 0.234. The van der Waals surface area contributed by atoms with Crippen LogP contribution in [-0.2, 0) is 39.9 Å². The van der Waals surface area contributed by atoms with Crippen LogP contribution >= 0.6 is 0 Å². The maximum atomic E-state index is 11.9. The van der Waals surface area contributed by atoms with Gasteiger partial charge in [0, 0.05) is 13.7 Å². The number of ether oxygens (including phenoxy) is 5. The van der Waals surface area contributed by atoms with E-state index in [0.717, 1.165) is 5.56 Å². The highest BCUT2D eigenvalue weighted by molar-refractivity contribution is 5.79. The van der Waals surface area contributed by atoms with Crippen molar-refractivity contribution in [1.82, 2.24) is 10.6 Å². The summed E-state index contributed by atoms with van der Waals surface area (Å²) in [4.78, 5) is 35.0. The van der Waals surface area contributed by atoms with Crippen LogP contribution in [0, 0.1) is 0 Å². The van der Waals surface area contributed by atoms with Crippen molar-refractivity contribution in [3.8, 4) is 0 Å². The van der Waals surface area contributed by atoms with Crippen LogP contribution in [0.25, 0.3) is 0 Å². The Kier molecular flexibility index (Phi) is 17.0. The van der Waals surface area contributed by atoms with Gasteiger partial charge < -0.3 is 39.4 Å². The number of carbonyl (C=O) groups is 3. The zero-order valence-electron chi connectivity index (χ0n) is 19.7. The second-order valence-electron chi connectivity index (χ2n) is 7.21. The van der Waals surface area contributed by atoms with Gasteiger partial charge >= 0.3 is 12.1 Å². The summed E-state index contributed by atoms with van der Waals surface area (Å²) in [7, 11) is 1.61. The number of methoxy groups -OCH3 is 1. The van der Waals surface area contributed by atoms with Crippen LogP contribution in [0.1, 0.15) is 24.8 Å².